The van der Waals surface area contributed by atoms with Crippen LogP contribution in [0.1, 0.15) is 12.5 Å². The number of likely N-dealkylation sites (N-methyl/N-ethyl adjacent to an activating group) is 1. The first-order valence-electron chi connectivity index (χ1n) is 9.38. The second-order valence-electron chi connectivity index (χ2n) is 7.38. The van der Waals surface area contributed by atoms with Crippen molar-refractivity contribution < 1.29 is 4.74 Å². The number of fused-ring (bicyclic) bond motifs is 3. The highest BCUT2D eigenvalue weighted by Crippen LogP contribution is 2.41. The minimum atomic E-state index is -0.151. The molecule has 2 aromatic carbocycles. The van der Waals surface area contributed by atoms with Crippen LogP contribution in [0.25, 0.3) is 16.9 Å². The molecule has 0 aliphatic carbocycles. The third-order valence-electron chi connectivity index (χ3n) is 4.63. The lowest BCUT2D eigenvalue weighted by Gasteiger charge is -2.22. The second-order valence-corrected chi connectivity index (χ2v) is 8.84. The molecule has 150 valence electrons. The average molecular weight is 428 g/mol. The molecular weight excluding hydrogens is 406 g/mol. The van der Waals surface area contributed by atoms with Crippen LogP contribution in [0.5, 0.6) is 5.75 Å². The van der Waals surface area contributed by atoms with Gasteiger partial charge in [0.2, 0.25) is 0 Å². The zero-order valence-corrected chi connectivity index (χ0v) is 18.1. The van der Waals surface area contributed by atoms with Crippen molar-refractivity contribution in [1.82, 2.24) is 14.7 Å². The summed E-state index contributed by atoms with van der Waals surface area (Å²) in [4.78, 5) is 15.9. The van der Waals surface area contributed by atoms with Gasteiger partial charge in [-0.15, -0.1) is 11.8 Å². The molecule has 7 heteroatoms. The number of benzene rings is 2. The van der Waals surface area contributed by atoms with Crippen molar-refractivity contribution in [1.29, 1.82) is 0 Å². The highest BCUT2D eigenvalue weighted by atomic mass is 35.5. The summed E-state index contributed by atoms with van der Waals surface area (Å²) in [5.41, 5.74) is 3.29. The lowest BCUT2D eigenvalue weighted by atomic mass is 10.1. The fraction of sp³-hybridized carbons (Fsp3) is 0.273. The van der Waals surface area contributed by atoms with E-state index >= 15 is 0 Å². The Kier molecular flexibility index (Phi) is 5.67. The van der Waals surface area contributed by atoms with E-state index < -0.39 is 0 Å². The molecule has 1 unspecified atom stereocenters. The lowest BCUT2D eigenvalue weighted by Crippen LogP contribution is -2.28. The van der Waals surface area contributed by atoms with E-state index in [1.807, 2.05) is 26.2 Å². The van der Waals surface area contributed by atoms with Crippen molar-refractivity contribution >= 4 is 23.4 Å². The van der Waals surface area contributed by atoms with Gasteiger partial charge in [0.05, 0.1) is 11.4 Å². The molecule has 0 amide bonds. The summed E-state index contributed by atoms with van der Waals surface area (Å²) in [5.74, 6) is 1.53. The van der Waals surface area contributed by atoms with Crippen molar-refractivity contribution in [3.63, 3.8) is 0 Å². The largest absolute Gasteiger partial charge is 0.489 e. The van der Waals surface area contributed by atoms with Crippen LogP contribution < -0.4 is 10.3 Å². The van der Waals surface area contributed by atoms with Crippen molar-refractivity contribution in [2.24, 2.45) is 0 Å². The van der Waals surface area contributed by atoms with Gasteiger partial charge in [-0.1, -0.05) is 11.6 Å². The van der Waals surface area contributed by atoms with E-state index in [2.05, 4.69) is 17.9 Å². The molecule has 2 heterocycles. The van der Waals surface area contributed by atoms with Crippen molar-refractivity contribution in [2.45, 2.75) is 23.7 Å². The molecule has 1 atom stereocenters. The highest BCUT2D eigenvalue weighted by molar-refractivity contribution is 7.98. The van der Waals surface area contributed by atoms with Gasteiger partial charge < -0.3 is 9.64 Å². The average Bonchev–Trinajstić information content (AvgIpc) is 2.67. The normalized spacial score (nSPS) is 13.7. The van der Waals surface area contributed by atoms with E-state index in [9.17, 15) is 4.79 Å². The Morgan fingerprint density at radius 3 is 2.69 bits per heavy atom. The van der Waals surface area contributed by atoms with Crippen LogP contribution in [-0.2, 0) is 5.75 Å². The Morgan fingerprint density at radius 1 is 1.21 bits per heavy atom. The number of halogens is 1. The zero-order valence-electron chi connectivity index (χ0n) is 16.6. The number of thioether (sulfide) groups is 1. The standard InChI is InChI=1S/C22H22ClN3O2S/c1-14(12-25(2)3)28-18-8-9-20-19(11-18)22-15(13-29-20)10-21(27)26(24-22)17-6-4-16(23)5-7-17/h4-11,14H,12-13H2,1-3H3. The smallest absolute Gasteiger partial charge is 0.271 e. The Bertz CT molecular complexity index is 1100. The second kappa shape index (κ2) is 8.22. The molecule has 1 aliphatic rings. The topological polar surface area (TPSA) is 47.4 Å². The number of ether oxygens (including phenoxy) is 1. The molecule has 0 saturated heterocycles. The summed E-state index contributed by atoms with van der Waals surface area (Å²) in [6.45, 7) is 2.88. The van der Waals surface area contributed by atoms with Gasteiger partial charge in [-0.2, -0.15) is 9.78 Å². The summed E-state index contributed by atoms with van der Waals surface area (Å²) in [6.07, 6.45) is 0.0646. The van der Waals surface area contributed by atoms with E-state index in [4.69, 9.17) is 21.4 Å². The van der Waals surface area contributed by atoms with Gasteiger partial charge >= 0.3 is 0 Å². The van der Waals surface area contributed by atoms with Gasteiger partial charge in [0.1, 0.15) is 11.9 Å². The molecule has 0 fully saturated rings. The van der Waals surface area contributed by atoms with E-state index in [1.165, 1.54) is 4.68 Å². The zero-order chi connectivity index (χ0) is 20.5. The predicted octanol–water partition coefficient (Wildman–Crippen LogP) is 4.49. The third-order valence-corrected chi connectivity index (χ3v) is 6.00. The van der Waals surface area contributed by atoms with Crippen LogP contribution in [-0.4, -0.2) is 41.4 Å². The van der Waals surface area contributed by atoms with E-state index in [0.717, 1.165) is 39.8 Å². The van der Waals surface area contributed by atoms with E-state index in [1.54, 1.807) is 42.1 Å². The van der Waals surface area contributed by atoms with Crippen molar-refractivity contribution in [2.75, 3.05) is 20.6 Å². The molecule has 1 aliphatic heterocycles. The quantitative estimate of drug-likeness (QED) is 0.600. The van der Waals surface area contributed by atoms with Crippen LogP contribution in [0.2, 0.25) is 5.02 Å². The minimum Gasteiger partial charge on any atom is -0.489 e. The first kappa shape index (κ1) is 20.0. The van der Waals surface area contributed by atoms with Gasteiger partial charge in [0.25, 0.3) is 5.56 Å². The first-order chi connectivity index (χ1) is 13.9. The summed E-state index contributed by atoms with van der Waals surface area (Å²) in [5, 5.41) is 5.33. The van der Waals surface area contributed by atoms with Gasteiger partial charge in [-0.25, -0.2) is 0 Å². The number of hydrogen-bond donors (Lipinski definition) is 0. The van der Waals surface area contributed by atoms with Crippen LogP contribution >= 0.6 is 23.4 Å². The van der Waals surface area contributed by atoms with Crippen LogP contribution in [0.4, 0.5) is 0 Å². The number of nitrogens with zero attached hydrogens (tertiary/aromatic N) is 3. The lowest BCUT2D eigenvalue weighted by molar-refractivity contribution is 0.177. The SMILES string of the molecule is CC(CN(C)C)Oc1ccc2c(c1)-c1nn(-c3ccc(Cl)cc3)c(=O)cc1CS2. The maximum atomic E-state index is 12.6. The Morgan fingerprint density at radius 2 is 1.97 bits per heavy atom. The molecule has 1 aromatic heterocycles. The summed E-state index contributed by atoms with van der Waals surface area (Å²) < 4.78 is 7.52. The fourth-order valence-corrected chi connectivity index (χ4v) is 4.56. The molecule has 0 spiro atoms. The molecule has 4 rings (SSSR count). The molecule has 5 nitrogen and oxygen atoms in total. The Hall–Kier alpha value is -2.28. The van der Waals surface area contributed by atoms with Crippen molar-refractivity contribution in [3.8, 4) is 22.7 Å². The number of hydrogen-bond acceptors (Lipinski definition) is 5. The molecule has 0 bridgehead atoms. The molecule has 0 N–H and O–H groups in total. The maximum Gasteiger partial charge on any atom is 0.271 e. The van der Waals surface area contributed by atoms with Crippen LogP contribution in [0.3, 0.4) is 0 Å². The van der Waals surface area contributed by atoms with Crippen LogP contribution in [0, 0.1) is 0 Å². The first-order valence-corrected chi connectivity index (χ1v) is 10.7. The Balaban J connectivity index is 1.74. The molecule has 29 heavy (non-hydrogen) atoms. The number of rotatable bonds is 5. The Labute approximate surface area is 179 Å². The third kappa shape index (κ3) is 4.34. The van der Waals surface area contributed by atoms with E-state index in [-0.39, 0.29) is 11.7 Å². The summed E-state index contributed by atoms with van der Waals surface area (Å²) in [6, 6.07) is 14.9. The highest BCUT2D eigenvalue weighted by Gasteiger charge is 2.21. The summed E-state index contributed by atoms with van der Waals surface area (Å²) in [7, 11) is 4.05. The fourth-order valence-electron chi connectivity index (χ4n) is 3.43. The van der Waals surface area contributed by atoms with Gasteiger partial charge in [0.15, 0.2) is 0 Å². The molecular formula is C22H22ClN3O2S. The summed E-state index contributed by atoms with van der Waals surface area (Å²) >= 11 is 7.70. The van der Waals surface area contributed by atoms with Gasteiger partial charge in [-0.05, 0) is 69.0 Å². The van der Waals surface area contributed by atoms with Gasteiger partial charge in [0, 0.05) is 33.8 Å². The molecule has 0 saturated carbocycles. The minimum absolute atomic E-state index is 0.0646. The molecule has 3 aromatic rings. The van der Waals surface area contributed by atoms with Gasteiger partial charge in [-0.3, -0.25) is 4.79 Å². The maximum absolute atomic E-state index is 12.6. The molecule has 0 radical (unpaired) electrons. The number of aromatic nitrogens is 2. The van der Waals surface area contributed by atoms with Crippen LogP contribution in [0.15, 0.2) is 58.2 Å². The van der Waals surface area contributed by atoms with E-state index in [0.29, 0.717) is 10.7 Å². The monoisotopic (exact) mass is 427 g/mol. The predicted molar refractivity (Wildman–Crippen MR) is 118 cm³/mol. The van der Waals surface area contributed by atoms with Crippen molar-refractivity contribution in [3.05, 3.63) is 69.5 Å².